The average Bonchev–Trinajstić information content (AvgIpc) is 2.35. The van der Waals surface area contributed by atoms with Crippen LogP contribution in [-0.2, 0) is 4.79 Å². The van der Waals surface area contributed by atoms with Gasteiger partial charge in [-0.2, -0.15) is 0 Å². The van der Waals surface area contributed by atoms with E-state index in [1.54, 1.807) is 26.2 Å². The molecule has 0 aromatic heterocycles. The highest BCUT2D eigenvalue weighted by molar-refractivity contribution is 7.98. The van der Waals surface area contributed by atoms with E-state index < -0.39 is 11.9 Å². The number of hydrogen-bond donors (Lipinski definition) is 1. The van der Waals surface area contributed by atoms with Gasteiger partial charge in [0, 0.05) is 5.56 Å². The van der Waals surface area contributed by atoms with Gasteiger partial charge in [0.1, 0.15) is 11.5 Å². The molecule has 1 atom stereocenters. The van der Waals surface area contributed by atoms with Crippen LogP contribution in [0.15, 0.2) is 17.0 Å². The lowest BCUT2D eigenvalue weighted by atomic mass is 10.00. The summed E-state index contributed by atoms with van der Waals surface area (Å²) in [7, 11) is 3.10. The predicted molar refractivity (Wildman–Crippen MR) is 67.4 cm³/mol. The minimum absolute atomic E-state index is 0.574. The first-order valence-electron chi connectivity index (χ1n) is 5.07. The number of rotatable bonds is 5. The van der Waals surface area contributed by atoms with Crippen molar-refractivity contribution in [3.8, 4) is 11.5 Å². The molecule has 0 aliphatic rings. The highest BCUT2D eigenvalue weighted by Gasteiger charge is 2.20. The van der Waals surface area contributed by atoms with Crippen molar-refractivity contribution < 1.29 is 19.4 Å². The maximum absolute atomic E-state index is 11.0. The fourth-order valence-electron chi connectivity index (χ4n) is 1.52. The van der Waals surface area contributed by atoms with Crippen LogP contribution in [-0.4, -0.2) is 31.6 Å². The second kappa shape index (κ2) is 5.82. The van der Waals surface area contributed by atoms with Crippen molar-refractivity contribution in [2.45, 2.75) is 17.7 Å². The Labute approximate surface area is 105 Å². The van der Waals surface area contributed by atoms with E-state index in [0.29, 0.717) is 17.1 Å². The van der Waals surface area contributed by atoms with Gasteiger partial charge < -0.3 is 14.6 Å². The monoisotopic (exact) mass is 256 g/mol. The third-order valence-corrected chi connectivity index (χ3v) is 3.33. The minimum atomic E-state index is -0.887. The van der Waals surface area contributed by atoms with Crippen molar-refractivity contribution in [3.63, 3.8) is 0 Å². The normalized spacial score (nSPS) is 12.0. The molecule has 1 rings (SSSR count). The van der Waals surface area contributed by atoms with E-state index in [1.807, 2.05) is 6.26 Å². The van der Waals surface area contributed by atoms with Crippen LogP contribution in [0.25, 0.3) is 0 Å². The number of aliphatic carboxylic acids is 1. The molecule has 5 heteroatoms. The summed E-state index contributed by atoms with van der Waals surface area (Å²) < 4.78 is 10.5. The lowest BCUT2D eigenvalue weighted by molar-refractivity contribution is -0.138. The average molecular weight is 256 g/mol. The quantitative estimate of drug-likeness (QED) is 0.821. The topological polar surface area (TPSA) is 55.8 Å². The zero-order chi connectivity index (χ0) is 13.0. The molecular formula is C12H16O4S. The van der Waals surface area contributed by atoms with Crippen molar-refractivity contribution in [3.05, 3.63) is 17.7 Å². The maximum atomic E-state index is 11.0. The number of benzene rings is 1. The molecule has 0 saturated carbocycles. The molecule has 1 aromatic rings. The van der Waals surface area contributed by atoms with Crippen molar-refractivity contribution in [1.29, 1.82) is 0 Å². The number of hydrogen-bond acceptors (Lipinski definition) is 4. The van der Waals surface area contributed by atoms with Gasteiger partial charge in [0.25, 0.3) is 0 Å². The van der Waals surface area contributed by atoms with Crippen LogP contribution < -0.4 is 9.47 Å². The van der Waals surface area contributed by atoms with Gasteiger partial charge in [-0.15, -0.1) is 11.8 Å². The molecule has 0 heterocycles. The van der Waals surface area contributed by atoms with E-state index >= 15 is 0 Å². The van der Waals surface area contributed by atoms with E-state index in [0.717, 1.165) is 4.90 Å². The van der Waals surface area contributed by atoms with Crippen LogP contribution in [0.5, 0.6) is 11.5 Å². The molecule has 94 valence electrons. The fraction of sp³-hybridized carbons (Fsp3) is 0.417. The molecule has 17 heavy (non-hydrogen) atoms. The van der Waals surface area contributed by atoms with E-state index in [2.05, 4.69) is 0 Å². The van der Waals surface area contributed by atoms with Crippen LogP contribution in [0.4, 0.5) is 0 Å². The standard InChI is InChI=1S/C12H16O4S/c1-7(12(13)14)8-5-10(16-3)11(17-4)6-9(8)15-2/h5-7H,1-4H3,(H,13,14). The summed E-state index contributed by atoms with van der Waals surface area (Å²) in [5, 5.41) is 9.04. The third kappa shape index (κ3) is 2.85. The summed E-state index contributed by atoms with van der Waals surface area (Å²) in [6.45, 7) is 1.62. The summed E-state index contributed by atoms with van der Waals surface area (Å²) in [5.41, 5.74) is 0.620. The number of carbonyl (C=O) groups is 1. The number of thioether (sulfide) groups is 1. The van der Waals surface area contributed by atoms with Gasteiger partial charge in [0.05, 0.1) is 25.0 Å². The summed E-state index contributed by atoms with van der Waals surface area (Å²) in [6.07, 6.45) is 1.93. The van der Waals surface area contributed by atoms with Gasteiger partial charge in [-0.1, -0.05) is 0 Å². The molecule has 1 aromatic carbocycles. The Bertz CT molecular complexity index is 417. The molecule has 0 bridgehead atoms. The highest BCUT2D eigenvalue weighted by atomic mass is 32.2. The molecule has 4 nitrogen and oxygen atoms in total. The van der Waals surface area contributed by atoms with Crippen LogP contribution in [0, 0.1) is 0 Å². The van der Waals surface area contributed by atoms with Crippen molar-refractivity contribution in [2.75, 3.05) is 20.5 Å². The molecule has 1 unspecified atom stereocenters. The van der Waals surface area contributed by atoms with Gasteiger partial charge >= 0.3 is 5.97 Å². The Hall–Kier alpha value is -1.36. The maximum Gasteiger partial charge on any atom is 0.310 e. The number of carboxylic acid groups (broad SMARTS) is 1. The Morgan fingerprint density at radius 2 is 1.88 bits per heavy atom. The van der Waals surface area contributed by atoms with Crippen LogP contribution in [0.3, 0.4) is 0 Å². The van der Waals surface area contributed by atoms with Crippen molar-refractivity contribution >= 4 is 17.7 Å². The first-order chi connectivity index (χ1) is 8.04. The Balaban J connectivity index is 3.33. The molecule has 0 fully saturated rings. The van der Waals surface area contributed by atoms with Gasteiger partial charge in [0.15, 0.2) is 0 Å². The van der Waals surface area contributed by atoms with Crippen LogP contribution in [0.1, 0.15) is 18.4 Å². The smallest absolute Gasteiger partial charge is 0.310 e. The van der Waals surface area contributed by atoms with Crippen LogP contribution in [0.2, 0.25) is 0 Å². The fourth-order valence-corrected chi connectivity index (χ4v) is 2.09. The van der Waals surface area contributed by atoms with E-state index in [1.165, 1.54) is 18.9 Å². The van der Waals surface area contributed by atoms with Crippen LogP contribution >= 0.6 is 11.8 Å². The Kier molecular flexibility index (Phi) is 4.69. The molecule has 0 spiro atoms. The second-order valence-electron chi connectivity index (χ2n) is 3.51. The van der Waals surface area contributed by atoms with E-state index in [9.17, 15) is 4.79 Å². The van der Waals surface area contributed by atoms with Gasteiger partial charge in [-0.3, -0.25) is 4.79 Å². The highest BCUT2D eigenvalue weighted by Crippen LogP contribution is 2.37. The first-order valence-corrected chi connectivity index (χ1v) is 6.30. The third-order valence-electron chi connectivity index (χ3n) is 2.57. The Morgan fingerprint density at radius 1 is 1.29 bits per heavy atom. The molecular weight excluding hydrogens is 240 g/mol. The molecule has 0 aliphatic heterocycles. The van der Waals surface area contributed by atoms with E-state index in [-0.39, 0.29) is 0 Å². The number of methoxy groups -OCH3 is 2. The number of ether oxygens (including phenoxy) is 2. The van der Waals surface area contributed by atoms with Crippen molar-refractivity contribution in [2.24, 2.45) is 0 Å². The lowest BCUT2D eigenvalue weighted by Crippen LogP contribution is -2.09. The summed E-state index contributed by atoms with van der Waals surface area (Å²) in [4.78, 5) is 11.9. The van der Waals surface area contributed by atoms with Gasteiger partial charge in [-0.05, 0) is 25.3 Å². The molecule has 0 radical (unpaired) electrons. The molecule has 1 N–H and O–H groups in total. The predicted octanol–water partition coefficient (Wildman–Crippen LogP) is 2.61. The Morgan fingerprint density at radius 3 is 2.29 bits per heavy atom. The van der Waals surface area contributed by atoms with E-state index in [4.69, 9.17) is 14.6 Å². The summed E-state index contributed by atoms with van der Waals surface area (Å²) in [5.74, 6) is -0.275. The zero-order valence-corrected chi connectivity index (χ0v) is 11.1. The molecule has 0 saturated heterocycles. The van der Waals surface area contributed by atoms with Crippen molar-refractivity contribution in [1.82, 2.24) is 0 Å². The second-order valence-corrected chi connectivity index (χ2v) is 4.36. The SMILES string of the molecule is COc1cc(C(C)C(=O)O)c(OC)cc1SC. The minimum Gasteiger partial charge on any atom is -0.496 e. The number of carboxylic acids is 1. The molecule has 0 amide bonds. The zero-order valence-electron chi connectivity index (χ0n) is 10.3. The summed E-state index contributed by atoms with van der Waals surface area (Å²) >= 11 is 1.53. The lowest BCUT2D eigenvalue weighted by Gasteiger charge is -2.16. The van der Waals surface area contributed by atoms with Gasteiger partial charge in [0.2, 0.25) is 0 Å². The summed E-state index contributed by atoms with van der Waals surface area (Å²) in [6, 6.07) is 3.53. The first kappa shape index (κ1) is 13.7. The largest absolute Gasteiger partial charge is 0.496 e. The molecule has 0 aliphatic carbocycles. The van der Waals surface area contributed by atoms with Gasteiger partial charge in [-0.25, -0.2) is 0 Å².